The third-order valence-corrected chi connectivity index (χ3v) is 6.47. The number of benzene rings is 3. The molecule has 1 heterocycles. The van der Waals surface area contributed by atoms with E-state index in [0.29, 0.717) is 26.4 Å². The zero-order valence-electron chi connectivity index (χ0n) is 19.6. The molecule has 0 saturated heterocycles. The van der Waals surface area contributed by atoms with Crippen LogP contribution in [0, 0.1) is 0 Å². The molecule has 0 saturated carbocycles. The first-order chi connectivity index (χ1) is 17.2. The molecule has 0 aliphatic carbocycles. The number of hydrogen-bond acceptors (Lipinski definition) is 3. The van der Waals surface area contributed by atoms with Crippen molar-refractivity contribution in [2.45, 2.75) is 26.5 Å². The van der Waals surface area contributed by atoms with Gasteiger partial charge < -0.3 is 9.84 Å². The first kappa shape index (κ1) is 25.8. The minimum Gasteiger partial charge on any atom is -0.486 e. The average molecular weight is 542 g/mol. The molecule has 0 bridgehead atoms. The molecule has 3 aromatic carbocycles. The van der Waals surface area contributed by atoms with Crippen molar-refractivity contribution in [2.24, 2.45) is 0 Å². The average Bonchev–Trinajstić information content (AvgIpc) is 3.26. The van der Waals surface area contributed by atoms with E-state index < -0.39 is 5.97 Å². The molecule has 4 aromatic rings. The Bertz CT molecular complexity index is 1420. The molecular formula is C28H23Cl3N2O3. The van der Waals surface area contributed by atoms with Gasteiger partial charge in [0.25, 0.3) is 0 Å². The molecule has 0 spiro atoms. The van der Waals surface area contributed by atoms with Gasteiger partial charge in [0.15, 0.2) is 0 Å². The smallest absolute Gasteiger partial charge is 0.335 e. The highest BCUT2D eigenvalue weighted by molar-refractivity contribution is 6.39. The highest BCUT2D eigenvalue weighted by atomic mass is 35.5. The van der Waals surface area contributed by atoms with Crippen LogP contribution < -0.4 is 4.74 Å². The summed E-state index contributed by atoms with van der Waals surface area (Å²) in [6, 6.07) is 17.7. The van der Waals surface area contributed by atoms with E-state index in [4.69, 9.17) is 44.6 Å². The van der Waals surface area contributed by atoms with Crippen LogP contribution in [-0.2, 0) is 6.61 Å². The third-order valence-electron chi connectivity index (χ3n) is 5.54. The molecule has 184 valence electrons. The Morgan fingerprint density at radius 3 is 2.28 bits per heavy atom. The maximum Gasteiger partial charge on any atom is 0.335 e. The Hall–Kier alpha value is -3.25. The number of hydrogen-bond donors (Lipinski definition) is 1. The fraction of sp³-hybridized carbons (Fsp3) is 0.143. The lowest BCUT2D eigenvalue weighted by Crippen LogP contribution is -2.11. The number of nitrogens with zero attached hydrogens (tertiary/aromatic N) is 2. The summed E-state index contributed by atoms with van der Waals surface area (Å²) in [5.74, 6) is -0.442. The monoisotopic (exact) mass is 540 g/mol. The van der Waals surface area contributed by atoms with E-state index in [9.17, 15) is 4.79 Å². The Morgan fingerprint density at radius 2 is 1.64 bits per heavy atom. The van der Waals surface area contributed by atoms with E-state index in [-0.39, 0.29) is 18.2 Å². The molecule has 0 radical (unpaired) electrons. The fourth-order valence-corrected chi connectivity index (χ4v) is 4.64. The number of carbonyl (C=O) groups is 1. The van der Waals surface area contributed by atoms with Crippen molar-refractivity contribution in [1.29, 1.82) is 0 Å². The van der Waals surface area contributed by atoms with Gasteiger partial charge in [-0.15, -0.1) is 0 Å². The largest absolute Gasteiger partial charge is 0.486 e. The lowest BCUT2D eigenvalue weighted by Gasteiger charge is -2.15. The molecule has 0 atom stereocenters. The first-order valence-corrected chi connectivity index (χ1v) is 12.3. The first-order valence-electron chi connectivity index (χ1n) is 11.2. The van der Waals surface area contributed by atoms with Crippen LogP contribution in [0.15, 0.2) is 66.9 Å². The number of carboxylic acids is 1. The van der Waals surface area contributed by atoms with Gasteiger partial charge in [-0.3, -0.25) is 4.68 Å². The quantitative estimate of drug-likeness (QED) is 0.227. The van der Waals surface area contributed by atoms with Gasteiger partial charge in [0.2, 0.25) is 0 Å². The van der Waals surface area contributed by atoms with Crippen molar-refractivity contribution in [1.82, 2.24) is 9.78 Å². The Balaban J connectivity index is 1.56. The summed E-state index contributed by atoms with van der Waals surface area (Å²) in [5.41, 5.74) is 4.21. The van der Waals surface area contributed by atoms with Crippen LogP contribution in [0.4, 0.5) is 0 Å². The van der Waals surface area contributed by atoms with E-state index in [2.05, 4.69) is 5.10 Å². The van der Waals surface area contributed by atoms with Gasteiger partial charge in [-0.1, -0.05) is 71.2 Å². The predicted octanol–water partition coefficient (Wildman–Crippen LogP) is 8.54. The maximum atomic E-state index is 11.2. The van der Waals surface area contributed by atoms with Crippen LogP contribution in [0.3, 0.4) is 0 Å². The van der Waals surface area contributed by atoms with Gasteiger partial charge in [-0.25, -0.2) is 4.79 Å². The zero-order chi connectivity index (χ0) is 25.8. The van der Waals surface area contributed by atoms with E-state index >= 15 is 0 Å². The van der Waals surface area contributed by atoms with Gasteiger partial charge in [0, 0.05) is 17.2 Å². The molecule has 5 nitrogen and oxygen atoms in total. The van der Waals surface area contributed by atoms with Gasteiger partial charge in [0.05, 0.1) is 32.5 Å². The second-order valence-electron chi connectivity index (χ2n) is 8.38. The predicted molar refractivity (Wildman–Crippen MR) is 146 cm³/mol. The molecule has 4 rings (SSSR count). The highest BCUT2D eigenvalue weighted by Crippen LogP contribution is 2.38. The Kier molecular flexibility index (Phi) is 8.04. The van der Waals surface area contributed by atoms with E-state index in [1.54, 1.807) is 54.7 Å². The molecule has 36 heavy (non-hydrogen) atoms. The topological polar surface area (TPSA) is 64.4 Å². The summed E-state index contributed by atoms with van der Waals surface area (Å²) in [4.78, 5) is 11.2. The lowest BCUT2D eigenvalue weighted by atomic mass is 10.1. The second kappa shape index (κ2) is 11.2. The summed E-state index contributed by atoms with van der Waals surface area (Å²) < 4.78 is 7.99. The van der Waals surface area contributed by atoms with Gasteiger partial charge >= 0.3 is 5.97 Å². The SMILES string of the molecule is CC(C)n1ncc(-c2c(Cl)cccc2Cl)c1COc1ccc(/C=C/c2cccc(C(=O)O)c2)cc1Cl. The van der Waals surface area contributed by atoms with Crippen LogP contribution in [0.5, 0.6) is 5.75 Å². The highest BCUT2D eigenvalue weighted by Gasteiger charge is 2.20. The van der Waals surface area contributed by atoms with Crippen molar-refractivity contribution in [3.8, 4) is 16.9 Å². The number of halogens is 3. The van der Waals surface area contributed by atoms with Crippen LogP contribution in [0.2, 0.25) is 15.1 Å². The zero-order valence-corrected chi connectivity index (χ0v) is 21.8. The summed E-state index contributed by atoms with van der Waals surface area (Å²) in [5, 5.41) is 15.2. The number of aromatic carboxylic acids is 1. The maximum absolute atomic E-state index is 11.2. The summed E-state index contributed by atoms with van der Waals surface area (Å²) in [6.45, 7) is 4.29. The van der Waals surface area contributed by atoms with Crippen molar-refractivity contribution < 1.29 is 14.6 Å². The number of ether oxygens (including phenoxy) is 1. The van der Waals surface area contributed by atoms with Crippen LogP contribution >= 0.6 is 34.8 Å². The van der Waals surface area contributed by atoms with Crippen molar-refractivity contribution in [3.05, 3.63) is 104 Å². The van der Waals surface area contributed by atoms with Crippen molar-refractivity contribution in [3.63, 3.8) is 0 Å². The van der Waals surface area contributed by atoms with Crippen LogP contribution in [0.1, 0.15) is 47.1 Å². The Labute approximate surface area is 224 Å². The summed E-state index contributed by atoms with van der Waals surface area (Å²) >= 11 is 19.5. The Morgan fingerprint density at radius 1 is 0.972 bits per heavy atom. The normalized spacial score (nSPS) is 11.4. The van der Waals surface area contributed by atoms with Crippen molar-refractivity contribution in [2.75, 3.05) is 0 Å². The van der Waals surface area contributed by atoms with Gasteiger partial charge in [0.1, 0.15) is 12.4 Å². The second-order valence-corrected chi connectivity index (χ2v) is 9.60. The minimum atomic E-state index is -0.964. The fourth-order valence-electron chi connectivity index (χ4n) is 3.79. The molecule has 0 amide bonds. The minimum absolute atomic E-state index is 0.0984. The number of aromatic nitrogens is 2. The molecule has 0 unspecified atom stereocenters. The molecule has 1 aromatic heterocycles. The lowest BCUT2D eigenvalue weighted by molar-refractivity contribution is 0.0697. The van der Waals surface area contributed by atoms with Crippen LogP contribution in [0.25, 0.3) is 23.3 Å². The molecule has 8 heteroatoms. The van der Waals surface area contributed by atoms with E-state index in [0.717, 1.165) is 22.4 Å². The molecule has 1 N–H and O–H groups in total. The summed E-state index contributed by atoms with van der Waals surface area (Å²) in [6.07, 6.45) is 5.45. The van der Waals surface area contributed by atoms with Crippen LogP contribution in [-0.4, -0.2) is 20.9 Å². The molecule has 0 aliphatic rings. The van der Waals surface area contributed by atoms with Gasteiger partial charge in [-0.2, -0.15) is 5.10 Å². The third kappa shape index (κ3) is 5.76. The molecular weight excluding hydrogens is 519 g/mol. The molecule has 0 aliphatic heterocycles. The molecule has 0 fully saturated rings. The van der Waals surface area contributed by atoms with E-state index in [1.165, 1.54) is 0 Å². The summed E-state index contributed by atoms with van der Waals surface area (Å²) in [7, 11) is 0. The number of carboxylic acid groups (broad SMARTS) is 1. The number of rotatable bonds is 8. The van der Waals surface area contributed by atoms with Crippen molar-refractivity contribution >= 4 is 52.9 Å². The standard InChI is InChI=1S/C28H23Cl3N2O3/c1-17(2)33-25(21(15-32-33)27-22(29)7-4-8-23(27)30)16-36-26-12-11-19(14-24(26)31)10-9-18-5-3-6-20(13-18)28(34)35/h3-15,17H,16H2,1-2H3,(H,34,35)/b10-9+. The van der Waals surface area contributed by atoms with E-state index in [1.807, 2.05) is 42.8 Å². The van der Waals surface area contributed by atoms with Gasteiger partial charge in [-0.05, 0) is 61.4 Å².